The van der Waals surface area contributed by atoms with Crippen molar-refractivity contribution in [2.45, 2.75) is 66.0 Å². The molecule has 1 atom stereocenters. The van der Waals surface area contributed by atoms with E-state index in [-0.39, 0.29) is 5.54 Å². The molecule has 0 fully saturated rings. The number of aryl methyl sites for hydroxylation is 1. The monoisotopic (exact) mass is 291 g/mol. The van der Waals surface area contributed by atoms with Crippen molar-refractivity contribution < 1.29 is 0 Å². The van der Waals surface area contributed by atoms with Gasteiger partial charge in [-0.2, -0.15) is 0 Å². The molecule has 21 heavy (non-hydrogen) atoms. The third kappa shape index (κ3) is 3.83. The zero-order valence-electron chi connectivity index (χ0n) is 14.7. The minimum absolute atomic E-state index is 0.148. The van der Waals surface area contributed by atoms with E-state index in [4.69, 9.17) is 0 Å². The van der Waals surface area contributed by atoms with E-state index in [9.17, 15) is 0 Å². The maximum absolute atomic E-state index is 4.42. The molecule has 0 bridgehead atoms. The number of pyridine rings is 1. The van der Waals surface area contributed by atoms with Gasteiger partial charge in [-0.15, -0.1) is 0 Å². The van der Waals surface area contributed by atoms with Gasteiger partial charge in [0.2, 0.25) is 0 Å². The van der Waals surface area contributed by atoms with Crippen LogP contribution in [0.15, 0.2) is 18.5 Å². The van der Waals surface area contributed by atoms with Crippen LogP contribution in [0.1, 0.15) is 64.6 Å². The summed E-state index contributed by atoms with van der Waals surface area (Å²) in [7, 11) is 0. The second-order valence-electron chi connectivity index (χ2n) is 5.77. The van der Waals surface area contributed by atoms with E-state index in [2.05, 4.69) is 62.8 Å². The second-order valence-corrected chi connectivity index (χ2v) is 5.77. The van der Waals surface area contributed by atoms with E-state index < -0.39 is 0 Å². The maximum Gasteiger partial charge on any atom is 0.0522 e. The highest BCUT2D eigenvalue weighted by atomic mass is 15.2. The Morgan fingerprint density at radius 1 is 1.10 bits per heavy atom. The first-order valence-corrected chi connectivity index (χ1v) is 8.49. The van der Waals surface area contributed by atoms with Gasteiger partial charge in [0.15, 0.2) is 0 Å². The van der Waals surface area contributed by atoms with Crippen LogP contribution in [0.25, 0.3) is 0 Å². The van der Waals surface area contributed by atoms with Crippen LogP contribution in [-0.2, 0) is 0 Å². The fraction of sp³-hybridized carbons (Fsp3) is 0.722. The molecule has 3 heteroatoms. The number of rotatable bonds is 9. The van der Waals surface area contributed by atoms with Crippen molar-refractivity contribution >= 4 is 0 Å². The summed E-state index contributed by atoms with van der Waals surface area (Å²) in [6.07, 6.45) is 6.24. The molecule has 0 saturated heterocycles. The molecule has 0 spiro atoms. The van der Waals surface area contributed by atoms with Gasteiger partial charge in [0.25, 0.3) is 0 Å². The highest BCUT2D eigenvalue weighted by molar-refractivity contribution is 5.24. The lowest BCUT2D eigenvalue weighted by molar-refractivity contribution is 0.0491. The number of aromatic nitrogens is 1. The van der Waals surface area contributed by atoms with Crippen molar-refractivity contribution in [1.82, 2.24) is 15.2 Å². The van der Waals surface area contributed by atoms with Gasteiger partial charge >= 0.3 is 0 Å². The molecule has 1 aromatic rings. The average Bonchev–Trinajstić information content (AvgIpc) is 2.51. The lowest BCUT2D eigenvalue weighted by Gasteiger charge is -2.48. The molecule has 1 rings (SSSR count). The Hall–Kier alpha value is -0.930. The lowest BCUT2D eigenvalue weighted by Crippen LogP contribution is -2.56. The van der Waals surface area contributed by atoms with Crippen LogP contribution in [0.4, 0.5) is 0 Å². The number of nitrogens with one attached hydrogen (secondary N) is 1. The van der Waals surface area contributed by atoms with Crippen LogP contribution in [0.2, 0.25) is 0 Å². The average molecular weight is 291 g/mol. The summed E-state index contributed by atoms with van der Waals surface area (Å²) < 4.78 is 0. The van der Waals surface area contributed by atoms with E-state index in [0.717, 1.165) is 32.5 Å². The number of hydrogen-bond donors (Lipinski definition) is 1. The molecule has 0 radical (unpaired) electrons. The molecule has 1 heterocycles. The van der Waals surface area contributed by atoms with Gasteiger partial charge in [-0.25, -0.2) is 0 Å². The van der Waals surface area contributed by atoms with Crippen molar-refractivity contribution in [2.24, 2.45) is 0 Å². The van der Waals surface area contributed by atoms with Gasteiger partial charge in [0.05, 0.1) is 6.04 Å². The summed E-state index contributed by atoms with van der Waals surface area (Å²) in [4.78, 5) is 7.04. The van der Waals surface area contributed by atoms with Gasteiger partial charge in [0.1, 0.15) is 0 Å². The molecule has 1 N–H and O–H groups in total. The summed E-state index contributed by atoms with van der Waals surface area (Å²) in [6, 6.07) is 2.61. The summed E-state index contributed by atoms with van der Waals surface area (Å²) >= 11 is 0. The number of likely N-dealkylation sites (N-methyl/N-ethyl adjacent to an activating group) is 2. The summed E-state index contributed by atoms with van der Waals surface area (Å²) in [6.45, 7) is 16.6. The predicted molar refractivity (Wildman–Crippen MR) is 91.6 cm³/mol. The first-order chi connectivity index (χ1) is 10.1. The summed E-state index contributed by atoms with van der Waals surface area (Å²) in [5.41, 5.74) is 2.69. The first kappa shape index (κ1) is 18.1. The van der Waals surface area contributed by atoms with E-state index >= 15 is 0 Å². The molecule has 0 aromatic carbocycles. The van der Waals surface area contributed by atoms with Crippen LogP contribution in [0, 0.1) is 6.92 Å². The Bertz CT molecular complexity index is 409. The smallest absolute Gasteiger partial charge is 0.0522 e. The Balaban J connectivity index is 3.32. The molecular formula is C18H33N3. The number of nitrogens with zero attached hydrogens (tertiary/aromatic N) is 2. The van der Waals surface area contributed by atoms with Crippen LogP contribution >= 0.6 is 0 Å². The molecule has 0 saturated carbocycles. The van der Waals surface area contributed by atoms with E-state index in [1.807, 2.05) is 12.4 Å². The number of hydrogen-bond acceptors (Lipinski definition) is 3. The van der Waals surface area contributed by atoms with Crippen molar-refractivity contribution in [3.05, 3.63) is 29.6 Å². The van der Waals surface area contributed by atoms with Gasteiger partial charge < -0.3 is 5.32 Å². The minimum Gasteiger partial charge on any atom is -0.309 e. The van der Waals surface area contributed by atoms with Crippen molar-refractivity contribution in [3.8, 4) is 0 Å². The Kier molecular flexibility index (Phi) is 7.33. The largest absolute Gasteiger partial charge is 0.309 e. The molecule has 1 aromatic heterocycles. The maximum atomic E-state index is 4.42. The molecule has 3 nitrogen and oxygen atoms in total. The van der Waals surface area contributed by atoms with Gasteiger partial charge in [0, 0.05) is 17.9 Å². The molecule has 120 valence electrons. The zero-order valence-corrected chi connectivity index (χ0v) is 14.7. The molecule has 1 unspecified atom stereocenters. The predicted octanol–water partition coefficient (Wildman–Crippen LogP) is 3.94. The van der Waals surface area contributed by atoms with Crippen molar-refractivity contribution in [3.63, 3.8) is 0 Å². The Labute approximate surface area is 131 Å². The Morgan fingerprint density at radius 3 is 2.14 bits per heavy atom. The normalized spacial score (nSPS) is 13.7. The third-order valence-electron chi connectivity index (χ3n) is 4.79. The van der Waals surface area contributed by atoms with E-state index in [0.29, 0.717) is 6.04 Å². The molecular weight excluding hydrogens is 258 g/mol. The van der Waals surface area contributed by atoms with Crippen molar-refractivity contribution in [2.75, 3.05) is 19.6 Å². The standard InChI is InChI=1S/C18H33N3/c1-7-18(8-2,21(10-4)11-5)17(20-9-3)16-12-15(6)13-19-14-16/h12-14,17,20H,7-11H2,1-6H3. The second kappa shape index (κ2) is 8.50. The van der Waals surface area contributed by atoms with Gasteiger partial charge in [-0.1, -0.05) is 40.7 Å². The van der Waals surface area contributed by atoms with Gasteiger partial charge in [-0.05, 0) is 50.5 Å². The topological polar surface area (TPSA) is 28.2 Å². The molecule has 0 aliphatic heterocycles. The summed E-state index contributed by atoms with van der Waals surface area (Å²) in [5.74, 6) is 0. The highest BCUT2D eigenvalue weighted by Gasteiger charge is 2.40. The van der Waals surface area contributed by atoms with E-state index in [1.54, 1.807) is 0 Å². The third-order valence-corrected chi connectivity index (χ3v) is 4.79. The first-order valence-electron chi connectivity index (χ1n) is 8.49. The Morgan fingerprint density at radius 2 is 1.71 bits per heavy atom. The van der Waals surface area contributed by atoms with Crippen LogP contribution in [0.5, 0.6) is 0 Å². The zero-order chi connectivity index (χ0) is 15.9. The minimum atomic E-state index is 0.148. The quantitative estimate of drug-likeness (QED) is 0.747. The van der Waals surface area contributed by atoms with E-state index in [1.165, 1.54) is 11.1 Å². The van der Waals surface area contributed by atoms with Crippen LogP contribution < -0.4 is 5.32 Å². The van der Waals surface area contributed by atoms with Crippen LogP contribution in [0.3, 0.4) is 0 Å². The molecule has 0 aliphatic rings. The molecule has 0 amide bonds. The SMILES string of the molecule is CCNC(c1cncc(C)c1)C(CC)(CC)N(CC)CC. The fourth-order valence-electron chi connectivity index (χ4n) is 3.70. The van der Waals surface area contributed by atoms with Crippen LogP contribution in [-0.4, -0.2) is 35.1 Å². The summed E-state index contributed by atoms with van der Waals surface area (Å²) in [5, 5.41) is 3.74. The van der Waals surface area contributed by atoms with Crippen molar-refractivity contribution in [1.29, 1.82) is 0 Å². The lowest BCUT2D eigenvalue weighted by atomic mass is 9.79. The van der Waals surface area contributed by atoms with Gasteiger partial charge in [-0.3, -0.25) is 9.88 Å². The fourth-order valence-corrected chi connectivity index (χ4v) is 3.70. The molecule has 0 aliphatic carbocycles. The highest BCUT2D eigenvalue weighted by Crippen LogP contribution is 2.37.